The van der Waals surface area contributed by atoms with Gasteiger partial charge in [-0.3, -0.25) is 4.98 Å². The Kier molecular flexibility index (Phi) is 4.82. The van der Waals surface area contributed by atoms with E-state index in [0.717, 1.165) is 14.5 Å². The van der Waals surface area contributed by atoms with Crippen LogP contribution in [0.25, 0.3) is 0 Å². The molecule has 0 aliphatic rings. The van der Waals surface area contributed by atoms with Crippen LogP contribution in [-0.4, -0.2) is 4.98 Å². The van der Waals surface area contributed by atoms with E-state index in [-0.39, 0.29) is 11.3 Å². The lowest BCUT2D eigenvalue weighted by molar-refractivity contribution is 0.728. The highest BCUT2D eigenvalue weighted by Crippen LogP contribution is 2.39. The number of rotatable bonds is 3. The monoisotopic (exact) mass is 387 g/mol. The van der Waals surface area contributed by atoms with Gasteiger partial charge in [-0.05, 0) is 35.4 Å². The number of hydrogen-bond donors (Lipinski definition) is 0. The molecule has 2 rings (SSSR count). The SMILES string of the molecule is CC(c1ccncc1)C(Cl)c1ccc(Br)cc1Br. The maximum Gasteiger partial charge on any atom is 0.0662 e. The zero-order chi connectivity index (χ0) is 13.1. The maximum absolute atomic E-state index is 6.58. The Morgan fingerprint density at radius 2 is 1.78 bits per heavy atom. The standard InChI is InChI=1S/C14H12Br2ClN/c1-9(10-4-6-18-7-5-10)14(17)12-3-2-11(15)8-13(12)16/h2-9,14H,1H3. The van der Waals surface area contributed by atoms with E-state index in [4.69, 9.17) is 11.6 Å². The smallest absolute Gasteiger partial charge is 0.0662 e. The summed E-state index contributed by atoms with van der Waals surface area (Å²) < 4.78 is 2.07. The Morgan fingerprint density at radius 3 is 2.39 bits per heavy atom. The first-order chi connectivity index (χ1) is 8.59. The van der Waals surface area contributed by atoms with Gasteiger partial charge < -0.3 is 0 Å². The minimum absolute atomic E-state index is 0.0742. The Bertz CT molecular complexity index is 531. The summed E-state index contributed by atoms with van der Waals surface area (Å²) in [6, 6.07) is 10.1. The zero-order valence-electron chi connectivity index (χ0n) is 9.78. The Hall–Kier alpha value is -0.380. The largest absolute Gasteiger partial charge is 0.265 e. The molecule has 0 aliphatic carbocycles. The summed E-state index contributed by atoms with van der Waals surface area (Å²) in [5.74, 6) is 0.229. The first kappa shape index (κ1) is 14.0. The van der Waals surface area contributed by atoms with E-state index in [9.17, 15) is 0 Å². The summed E-state index contributed by atoms with van der Waals surface area (Å²) in [5.41, 5.74) is 2.30. The van der Waals surface area contributed by atoms with Crippen molar-refractivity contribution < 1.29 is 0 Å². The Morgan fingerprint density at radius 1 is 1.11 bits per heavy atom. The van der Waals surface area contributed by atoms with Crippen LogP contribution in [0.5, 0.6) is 0 Å². The lowest BCUT2D eigenvalue weighted by atomic mass is 9.94. The summed E-state index contributed by atoms with van der Waals surface area (Å²) in [4.78, 5) is 4.03. The maximum atomic E-state index is 6.58. The molecule has 0 bridgehead atoms. The average Bonchev–Trinajstić information content (AvgIpc) is 2.38. The highest BCUT2D eigenvalue weighted by atomic mass is 79.9. The first-order valence-corrected chi connectivity index (χ1v) is 7.61. The van der Waals surface area contributed by atoms with E-state index in [1.165, 1.54) is 5.56 Å². The molecule has 0 saturated carbocycles. The van der Waals surface area contributed by atoms with Crippen LogP contribution in [0.4, 0.5) is 0 Å². The quantitative estimate of drug-likeness (QED) is 0.615. The second-order valence-corrected chi connectivity index (χ2v) is 6.38. The number of alkyl halides is 1. The second kappa shape index (κ2) is 6.18. The minimum atomic E-state index is -0.0742. The molecule has 1 aromatic carbocycles. The second-order valence-electron chi connectivity index (χ2n) is 4.14. The fraction of sp³-hybridized carbons (Fsp3) is 0.214. The van der Waals surface area contributed by atoms with Gasteiger partial charge in [0.05, 0.1) is 5.38 Å². The number of benzene rings is 1. The molecule has 2 unspecified atom stereocenters. The van der Waals surface area contributed by atoms with E-state index in [1.807, 2.05) is 30.3 Å². The molecule has 2 aromatic rings. The predicted octanol–water partition coefficient (Wildman–Crippen LogP) is 5.69. The molecule has 0 radical (unpaired) electrons. The van der Waals surface area contributed by atoms with Crippen molar-refractivity contribution in [2.24, 2.45) is 0 Å². The van der Waals surface area contributed by atoms with Crippen LogP contribution in [0.3, 0.4) is 0 Å². The zero-order valence-corrected chi connectivity index (χ0v) is 13.7. The summed E-state index contributed by atoms with van der Waals surface area (Å²) in [6.07, 6.45) is 3.60. The molecule has 0 saturated heterocycles. The fourth-order valence-electron chi connectivity index (χ4n) is 1.83. The molecule has 18 heavy (non-hydrogen) atoms. The van der Waals surface area contributed by atoms with Gasteiger partial charge in [-0.25, -0.2) is 0 Å². The van der Waals surface area contributed by atoms with Crippen molar-refractivity contribution in [3.05, 3.63) is 62.8 Å². The van der Waals surface area contributed by atoms with Gasteiger partial charge in [0.2, 0.25) is 0 Å². The van der Waals surface area contributed by atoms with E-state index in [1.54, 1.807) is 12.4 Å². The van der Waals surface area contributed by atoms with E-state index in [0.29, 0.717) is 0 Å². The normalized spacial score (nSPS) is 14.2. The van der Waals surface area contributed by atoms with Gasteiger partial charge in [0.25, 0.3) is 0 Å². The average molecular weight is 390 g/mol. The number of nitrogens with zero attached hydrogens (tertiary/aromatic N) is 1. The summed E-state index contributed by atoms with van der Waals surface area (Å²) in [5, 5.41) is -0.0742. The van der Waals surface area contributed by atoms with E-state index >= 15 is 0 Å². The van der Waals surface area contributed by atoms with Crippen molar-refractivity contribution in [2.45, 2.75) is 18.2 Å². The van der Waals surface area contributed by atoms with Crippen molar-refractivity contribution in [3.63, 3.8) is 0 Å². The van der Waals surface area contributed by atoms with E-state index in [2.05, 4.69) is 43.8 Å². The van der Waals surface area contributed by atoms with Gasteiger partial charge in [-0.2, -0.15) is 0 Å². The molecular weight excluding hydrogens is 377 g/mol. The number of hydrogen-bond acceptors (Lipinski definition) is 1. The molecule has 2 atom stereocenters. The van der Waals surface area contributed by atoms with Crippen molar-refractivity contribution in [1.82, 2.24) is 4.98 Å². The van der Waals surface area contributed by atoms with Gasteiger partial charge in [0, 0.05) is 27.3 Å². The van der Waals surface area contributed by atoms with Gasteiger partial charge >= 0.3 is 0 Å². The number of aromatic nitrogens is 1. The summed E-state index contributed by atoms with van der Waals surface area (Å²) >= 11 is 13.6. The molecule has 0 amide bonds. The number of pyridine rings is 1. The van der Waals surface area contributed by atoms with Crippen LogP contribution < -0.4 is 0 Å². The first-order valence-electron chi connectivity index (χ1n) is 5.58. The number of halogens is 3. The molecule has 0 fully saturated rings. The van der Waals surface area contributed by atoms with Crippen LogP contribution >= 0.6 is 43.5 Å². The minimum Gasteiger partial charge on any atom is -0.265 e. The Labute approximate surface area is 129 Å². The molecule has 4 heteroatoms. The Balaban J connectivity index is 2.28. The van der Waals surface area contributed by atoms with Crippen LogP contribution in [0, 0.1) is 0 Å². The summed E-state index contributed by atoms with van der Waals surface area (Å²) in [7, 11) is 0. The van der Waals surface area contributed by atoms with Crippen molar-refractivity contribution in [1.29, 1.82) is 0 Å². The third-order valence-electron chi connectivity index (χ3n) is 2.93. The lowest BCUT2D eigenvalue weighted by Crippen LogP contribution is -2.03. The van der Waals surface area contributed by atoms with Crippen LogP contribution in [0.2, 0.25) is 0 Å². The molecular formula is C14H12Br2ClN. The van der Waals surface area contributed by atoms with Crippen molar-refractivity contribution in [3.8, 4) is 0 Å². The van der Waals surface area contributed by atoms with E-state index < -0.39 is 0 Å². The van der Waals surface area contributed by atoms with Gasteiger partial charge in [0.15, 0.2) is 0 Å². The third-order valence-corrected chi connectivity index (χ3v) is 4.72. The van der Waals surface area contributed by atoms with Crippen LogP contribution in [0.15, 0.2) is 51.7 Å². The molecule has 1 heterocycles. The molecule has 1 aromatic heterocycles. The summed E-state index contributed by atoms with van der Waals surface area (Å²) in [6.45, 7) is 2.13. The molecule has 0 N–H and O–H groups in total. The highest BCUT2D eigenvalue weighted by Gasteiger charge is 2.20. The lowest BCUT2D eigenvalue weighted by Gasteiger charge is -2.20. The molecule has 1 nitrogen and oxygen atoms in total. The highest BCUT2D eigenvalue weighted by molar-refractivity contribution is 9.11. The van der Waals surface area contributed by atoms with Crippen molar-refractivity contribution >= 4 is 43.5 Å². The predicted molar refractivity (Wildman–Crippen MR) is 83.1 cm³/mol. The topological polar surface area (TPSA) is 12.9 Å². The third kappa shape index (κ3) is 3.14. The van der Waals surface area contributed by atoms with Crippen LogP contribution in [-0.2, 0) is 0 Å². The molecule has 0 aliphatic heterocycles. The molecule has 0 spiro atoms. The fourth-order valence-corrected chi connectivity index (χ4v) is 3.59. The van der Waals surface area contributed by atoms with Gasteiger partial charge in [-0.1, -0.05) is 44.8 Å². The molecule has 94 valence electrons. The van der Waals surface area contributed by atoms with Crippen molar-refractivity contribution in [2.75, 3.05) is 0 Å². The van der Waals surface area contributed by atoms with Gasteiger partial charge in [0.1, 0.15) is 0 Å². The van der Waals surface area contributed by atoms with Crippen LogP contribution in [0.1, 0.15) is 29.3 Å². The van der Waals surface area contributed by atoms with Gasteiger partial charge in [-0.15, -0.1) is 11.6 Å².